The molecule has 1 aromatic carbocycles. The fraction of sp³-hybridized carbons (Fsp3) is 0.267. The van der Waals surface area contributed by atoms with Crippen LogP contribution in [0.2, 0.25) is 0 Å². The summed E-state index contributed by atoms with van der Waals surface area (Å²) in [6.07, 6.45) is 0. The van der Waals surface area contributed by atoms with E-state index in [4.69, 9.17) is 13.9 Å². The van der Waals surface area contributed by atoms with Gasteiger partial charge in [-0.2, -0.15) is 0 Å². The number of carbonyl (C=O) groups is 1. The van der Waals surface area contributed by atoms with E-state index in [9.17, 15) is 4.79 Å². The lowest BCUT2D eigenvalue weighted by atomic mass is 10.1. The van der Waals surface area contributed by atoms with Crippen LogP contribution in [-0.2, 0) is 4.74 Å². The first-order valence-electron chi connectivity index (χ1n) is 6.14. The SMILES string of the molecule is COCCOc1ccc(C(=O)c2ccc(C)o2)cc1Br. The Bertz CT molecular complexity index is 604. The molecule has 2 rings (SSSR count). The third kappa shape index (κ3) is 3.49. The van der Waals surface area contributed by atoms with E-state index in [2.05, 4.69) is 15.9 Å². The number of halogens is 1. The lowest BCUT2D eigenvalue weighted by Gasteiger charge is -2.08. The summed E-state index contributed by atoms with van der Waals surface area (Å²) in [5.74, 6) is 1.57. The second-order valence-electron chi connectivity index (χ2n) is 4.23. The van der Waals surface area contributed by atoms with E-state index >= 15 is 0 Å². The van der Waals surface area contributed by atoms with Crippen LogP contribution in [0, 0.1) is 6.92 Å². The van der Waals surface area contributed by atoms with Crippen molar-refractivity contribution in [1.82, 2.24) is 0 Å². The fourth-order valence-electron chi connectivity index (χ4n) is 1.69. The summed E-state index contributed by atoms with van der Waals surface area (Å²) in [4.78, 5) is 12.2. The molecule has 0 spiro atoms. The molecule has 0 saturated heterocycles. The molecule has 5 heteroatoms. The predicted molar refractivity (Wildman–Crippen MR) is 78.4 cm³/mol. The molecule has 0 N–H and O–H groups in total. The van der Waals surface area contributed by atoms with Gasteiger partial charge in [0.1, 0.15) is 18.1 Å². The Morgan fingerprint density at radius 2 is 2.05 bits per heavy atom. The third-order valence-electron chi connectivity index (χ3n) is 2.70. The van der Waals surface area contributed by atoms with Gasteiger partial charge in [-0.3, -0.25) is 4.79 Å². The Labute approximate surface area is 125 Å². The standard InChI is InChI=1S/C15H15BrO4/c1-10-3-5-14(20-10)15(17)11-4-6-13(12(16)9-11)19-8-7-18-2/h3-6,9H,7-8H2,1-2H3. The van der Waals surface area contributed by atoms with Gasteiger partial charge in [0, 0.05) is 12.7 Å². The number of ether oxygens (including phenoxy) is 2. The minimum atomic E-state index is -0.151. The van der Waals surface area contributed by atoms with Gasteiger partial charge in [0.25, 0.3) is 0 Å². The van der Waals surface area contributed by atoms with E-state index in [1.807, 2.05) is 0 Å². The molecule has 20 heavy (non-hydrogen) atoms. The van der Waals surface area contributed by atoms with E-state index in [0.29, 0.717) is 36.0 Å². The molecule has 0 aliphatic carbocycles. The zero-order chi connectivity index (χ0) is 14.5. The number of hydrogen-bond acceptors (Lipinski definition) is 4. The average Bonchev–Trinajstić information content (AvgIpc) is 2.86. The zero-order valence-electron chi connectivity index (χ0n) is 11.3. The summed E-state index contributed by atoms with van der Waals surface area (Å²) in [5.41, 5.74) is 0.547. The molecule has 4 nitrogen and oxygen atoms in total. The van der Waals surface area contributed by atoms with E-state index in [1.165, 1.54) is 0 Å². The normalized spacial score (nSPS) is 10.6. The number of furan rings is 1. The third-order valence-corrected chi connectivity index (χ3v) is 3.32. The number of methoxy groups -OCH3 is 1. The minimum absolute atomic E-state index is 0.151. The highest BCUT2D eigenvalue weighted by atomic mass is 79.9. The van der Waals surface area contributed by atoms with Gasteiger partial charge in [0.05, 0.1) is 11.1 Å². The van der Waals surface area contributed by atoms with Gasteiger partial charge >= 0.3 is 0 Å². The molecule has 0 bridgehead atoms. The van der Waals surface area contributed by atoms with Gasteiger partial charge in [-0.25, -0.2) is 0 Å². The van der Waals surface area contributed by atoms with Gasteiger partial charge in [0.15, 0.2) is 5.76 Å². The van der Waals surface area contributed by atoms with Crippen LogP contribution in [0.25, 0.3) is 0 Å². The van der Waals surface area contributed by atoms with Crippen LogP contribution >= 0.6 is 15.9 Å². The highest BCUT2D eigenvalue weighted by Crippen LogP contribution is 2.27. The largest absolute Gasteiger partial charge is 0.490 e. The van der Waals surface area contributed by atoms with Gasteiger partial charge in [0.2, 0.25) is 5.78 Å². The number of rotatable bonds is 6. The summed E-state index contributed by atoms with van der Waals surface area (Å²) in [6.45, 7) is 2.78. The van der Waals surface area contributed by atoms with Crippen molar-refractivity contribution < 1.29 is 18.7 Å². The van der Waals surface area contributed by atoms with Crippen LogP contribution in [0.3, 0.4) is 0 Å². The van der Waals surface area contributed by atoms with E-state index in [-0.39, 0.29) is 5.78 Å². The lowest BCUT2D eigenvalue weighted by Crippen LogP contribution is -2.05. The smallest absolute Gasteiger partial charge is 0.228 e. The molecule has 0 amide bonds. The maximum atomic E-state index is 12.2. The first-order chi connectivity index (χ1) is 9.61. The number of benzene rings is 1. The van der Waals surface area contributed by atoms with Crippen molar-refractivity contribution >= 4 is 21.7 Å². The van der Waals surface area contributed by atoms with Gasteiger partial charge in [-0.05, 0) is 53.2 Å². The first kappa shape index (κ1) is 14.8. The molecule has 106 valence electrons. The molecule has 0 radical (unpaired) electrons. The summed E-state index contributed by atoms with van der Waals surface area (Å²) >= 11 is 3.40. The van der Waals surface area contributed by atoms with Crippen molar-refractivity contribution in [3.8, 4) is 5.75 Å². The van der Waals surface area contributed by atoms with E-state index < -0.39 is 0 Å². The van der Waals surface area contributed by atoms with E-state index in [1.54, 1.807) is 44.4 Å². The summed E-state index contributed by atoms with van der Waals surface area (Å²) in [7, 11) is 1.62. The van der Waals surface area contributed by atoms with Crippen LogP contribution in [0.1, 0.15) is 21.9 Å². The van der Waals surface area contributed by atoms with Crippen molar-refractivity contribution in [2.75, 3.05) is 20.3 Å². The Balaban J connectivity index is 2.14. The molecule has 2 aromatic rings. The van der Waals surface area contributed by atoms with Crippen molar-refractivity contribution in [1.29, 1.82) is 0 Å². The monoisotopic (exact) mass is 338 g/mol. The topological polar surface area (TPSA) is 48.7 Å². The molecule has 1 heterocycles. The van der Waals surface area contributed by atoms with Crippen molar-refractivity contribution in [2.24, 2.45) is 0 Å². The zero-order valence-corrected chi connectivity index (χ0v) is 12.9. The van der Waals surface area contributed by atoms with Crippen LogP contribution in [-0.4, -0.2) is 26.1 Å². The maximum Gasteiger partial charge on any atom is 0.228 e. The molecule has 0 atom stereocenters. The predicted octanol–water partition coefficient (Wildman–Crippen LogP) is 3.61. The number of carbonyl (C=O) groups excluding carboxylic acids is 1. The molecule has 0 aliphatic heterocycles. The summed E-state index contributed by atoms with van der Waals surface area (Å²) < 4.78 is 16.5. The van der Waals surface area contributed by atoms with Gasteiger partial charge < -0.3 is 13.9 Å². The van der Waals surface area contributed by atoms with Gasteiger partial charge in [-0.15, -0.1) is 0 Å². The van der Waals surface area contributed by atoms with Crippen LogP contribution in [0.5, 0.6) is 5.75 Å². The fourth-order valence-corrected chi connectivity index (χ4v) is 2.19. The van der Waals surface area contributed by atoms with E-state index in [0.717, 1.165) is 4.47 Å². The minimum Gasteiger partial charge on any atom is -0.490 e. The van der Waals surface area contributed by atoms with Gasteiger partial charge in [-0.1, -0.05) is 0 Å². The molecule has 0 aliphatic rings. The first-order valence-corrected chi connectivity index (χ1v) is 6.93. The Kier molecular flexibility index (Phi) is 4.98. The van der Waals surface area contributed by atoms with Crippen molar-refractivity contribution in [3.05, 3.63) is 51.9 Å². The second kappa shape index (κ2) is 6.72. The molecule has 1 aromatic heterocycles. The van der Waals surface area contributed by atoms with Crippen molar-refractivity contribution in [2.45, 2.75) is 6.92 Å². The summed E-state index contributed by atoms with van der Waals surface area (Å²) in [6, 6.07) is 8.64. The highest BCUT2D eigenvalue weighted by Gasteiger charge is 2.14. The molecule has 0 saturated carbocycles. The molecule has 0 unspecified atom stereocenters. The number of hydrogen-bond donors (Lipinski definition) is 0. The average molecular weight is 339 g/mol. The Morgan fingerprint density at radius 1 is 1.25 bits per heavy atom. The Morgan fingerprint density at radius 3 is 2.65 bits per heavy atom. The summed E-state index contributed by atoms with van der Waals surface area (Å²) in [5, 5.41) is 0. The number of aryl methyl sites for hydroxylation is 1. The molecular formula is C15H15BrO4. The highest BCUT2D eigenvalue weighted by molar-refractivity contribution is 9.10. The molecule has 0 fully saturated rings. The van der Waals surface area contributed by atoms with Crippen LogP contribution in [0.15, 0.2) is 39.2 Å². The second-order valence-corrected chi connectivity index (χ2v) is 5.08. The van der Waals surface area contributed by atoms with Crippen LogP contribution in [0.4, 0.5) is 0 Å². The molecular weight excluding hydrogens is 324 g/mol. The number of ketones is 1. The maximum absolute atomic E-state index is 12.2. The quantitative estimate of drug-likeness (QED) is 0.596. The Hall–Kier alpha value is -1.59. The lowest BCUT2D eigenvalue weighted by molar-refractivity contribution is 0.101. The van der Waals surface area contributed by atoms with Crippen molar-refractivity contribution in [3.63, 3.8) is 0 Å². The van der Waals surface area contributed by atoms with Crippen LogP contribution < -0.4 is 4.74 Å².